The van der Waals surface area contributed by atoms with Crippen molar-refractivity contribution in [3.05, 3.63) is 0 Å². The summed E-state index contributed by atoms with van der Waals surface area (Å²) in [5.74, 6) is 2.80. The van der Waals surface area contributed by atoms with Crippen LogP contribution in [0.1, 0.15) is 87.0 Å². The van der Waals surface area contributed by atoms with Crippen molar-refractivity contribution in [3.8, 4) is 0 Å². The summed E-state index contributed by atoms with van der Waals surface area (Å²) in [4.78, 5) is 0. The van der Waals surface area contributed by atoms with E-state index in [-0.39, 0.29) is 0 Å². The zero-order valence-electron chi connectivity index (χ0n) is 13.0. The summed E-state index contributed by atoms with van der Waals surface area (Å²) in [6.07, 6.45) is 8.40. The van der Waals surface area contributed by atoms with Crippen molar-refractivity contribution in [1.29, 1.82) is 0 Å². The molecule has 0 aliphatic rings. The minimum Gasteiger partial charge on any atom is -0.0683 e. The topological polar surface area (TPSA) is 0 Å². The predicted octanol–water partition coefficient (Wildman–Crippen LogP) is 6.30. The van der Waals surface area contributed by atoms with Crippen LogP contribution in [0.3, 0.4) is 0 Å². The molecule has 3 unspecified atom stereocenters. The molecule has 0 amide bonds. The highest BCUT2D eigenvalue weighted by Gasteiger charge is 2.09. The zero-order valence-corrected chi connectivity index (χ0v) is 13.0. The Morgan fingerprint density at radius 3 is 1.62 bits per heavy atom. The van der Waals surface area contributed by atoms with Gasteiger partial charge in [-0.05, 0) is 24.2 Å². The Morgan fingerprint density at radius 1 is 0.688 bits per heavy atom. The molecule has 100 valence electrons. The van der Waals surface area contributed by atoms with Crippen molar-refractivity contribution in [3.63, 3.8) is 0 Å². The Kier molecular flexibility index (Phi) is 15.0. The minimum atomic E-state index is 0.923. The molecule has 0 bridgehead atoms. The predicted molar refractivity (Wildman–Crippen MR) is 77.9 cm³/mol. The van der Waals surface area contributed by atoms with E-state index in [0.29, 0.717) is 0 Å². The lowest BCUT2D eigenvalue weighted by molar-refractivity contribution is 0.347. The van der Waals surface area contributed by atoms with E-state index in [1.54, 1.807) is 0 Å². The van der Waals surface area contributed by atoms with Gasteiger partial charge in [-0.3, -0.25) is 0 Å². The van der Waals surface area contributed by atoms with Crippen molar-refractivity contribution < 1.29 is 0 Å². The van der Waals surface area contributed by atoms with E-state index < -0.39 is 0 Å². The van der Waals surface area contributed by atoms with Crippen LogP contribution < -0.4 is 0 Å². The van der Waals surface area contributed by atoms with Gasteiger partial charge in [0.2, 0.25) is 0 Å². The molecule has 0 radical (unpaired) electrons. The molecular weight excluding hydrogens is 192 g/mol. The first-order valence-corrected chi connectivity index (χ1v) is 7.60. The molecule has 0 rings (SSSR count). The molecule has 0 saturated carbocycles. The second-order valence-corrected chi connectivity index (χ2v) is 5.33. The Bertz CT molecular complexity index is 117. The van der Waals surface area contributed by atoms with Gasteiger partial charge in [0, 0.05) is 0 Å². The van der Waals surface area contributed by atoms with Crippen molar-refractivity contribution in [2.75, 3.05) is 0 Å². The van der Waals surface area contributed by atoms with Crippen LogP contribution in [0.4, 0.5) is 0 Å². The van der Waals surface area contributed by atoms with Gasteiger partial charge < -0.3 is 0 Å². The van der Waals surface area contributed by atoms with Gasteiger partial charge in [-0.15, -0.1) is 0 Å². The SMILES string of the molecule is CC.CCCC(C)CCC(C)CC(C)CC. The van der Waals surface area contributed by atoms with Gasteiger partial charge in [0.05, 0.1) is 0 Å². The van der Waals surface area contributed by atoms with Gasteiger partial charge in [0.15, 0.2) is 0 Å². The summed E-state index contributed by atoms with van der Waals surface area (Å²) >= 11 is 0. The van der Waals surface area contributed by atoms with Gasteiger partial charge in [0.1, 0.15) is 0 Å². The highest BCUT2D eigenvalue weighted by molar-refractivity contribution is 4.61. The summed E-state index contributed by atoms with van der Waals surface area (Å²) in [5, 5.41) is 0. The summed E-state index contributed by atoms with van der Waals surface area (Å²) in [5.41, 5.74) is 0. The van der Waals surface area contributed by atoms with Crippen LogP contribution in [0.2, 0.25) is 0 Å². The summed E-state index contributed by atoms with van der Waals surface area (Å²) in [7, 11) is 0. The second-order valence-electron chi connectivity index (χ2n) is 5.33. The molecule has 0 heteroatoms. The number of hydrogen-bond donors (Lipinski definition) is 0. The largest absolute Gasteiger partial charge is 0.0683 e. The van der Waals surface area contributed by atoms with Gasteiger partial charge in [-0.1, -0.05) is 80.6 Å². The molecule has 0 heterocycles. The lowest BCUT2D eigenvalue weighted by Crippen LogP contribution is -2.04. The summed E-state index contributed by atoms with van der Waals surface area (Å²) < 4.78 is 0. The first kappa shape index (κ1) is 18.4. The van der Waals surface area contributed by atoms with Gasteiger partial charge in [0.25, 0.3) is 0 Å². The van der Waals surface area contributed by atoms with Crippen LogP contribution in [0.15, 0.2) is 0 Å². The van der Waals surface area contributed by atoms with Crippen molar-refractivity contribution >= 4 is 0 Å². The van der Waals surface area contributed by atoms with E-state index in [9.17, 15) is 0 Å². The molecule has 0 saturated heterocycles. The average Bonchev–Trinajstić information content (AvgIpc) is 2.29. The molecule has 0 fully saturated rings. The van der Waals surface area contributed by atoms with Gasteiger partial charge >= 0.3 is 0 Å². The lowest BCUT2D eigenvalue weighted by atomic mass is 9.89. The molecule has 0 aliphatic carbocycles. The fourth-order valence-electron chi connectivity index (χ4n) is 2.18. The minimum absolute atomic E-state index is 0.923. The second kappa shape index (κ2) is 13.1. The van der Waals surface area contributed by atoms with E-state index in [4.69, 9.17) is 0 Å². The third kappa shape index (κ3) is 12.1. The van der Waals surface area contributed by atoms with Crippen molar-refractivity contribution in [2.45, 2.75) is 87.0 Å². The Hall–Kier alpha value is 0. The molecule has 0 aromatic carbocycles. The van der Waals surface area contributed by atoms with E-state index in [1.807, 2.05) is 13.8 Å². The molecule has 16 heavy (non-hydrogen) atoms. The summed E-state index contributed by atoms with van der Waals surface area (Å²) in [6, 6.07) is 0. The molecule has 0 spiro atoms. The van der Waals surface area contributed by atoms with E-state index in [1.165, 1.54) is 38.5 Å². The maximum absolute atomic E-state index is 2.42. The molecule has 0 aliphatic heterocycles. The average molecular weight is 228 g/mol. The normalized spacial score (nSPS) is 15.9. The van der Waals surface area contributed by atoms with Crippen LogP contribution in [0.25, 0.3) is 0 Å². The fraction of sp³-hybridized carbons (Fsp3) is 1.00. The lowest BCUT2D eigenvalue weighted by Gasteiger charge is -2.17. The summed E-state index contributed by atoms with van der Waals surface area (Å²) in [6.45, 7) is 15.8. The molecule has 0 aromatic rings. The highest BCUT2D eigenvalue weighted by atomic mass is 14.1. The maximum Gasteiger partial charge on any atom is -0.0440 e. The van der Waals surface area contributed by atoms with Crippen LogP contribution in [0.5, 0.6) is 0 Å². The van der Waals surface area contributed by atoms with Gasteiger partial charge in [-0.25, -0.2) is 0 Å². The van der Waals surface area contributed by atoms with Crippen LogP contribution in [-0.2, 0) is 0 Å². The van der Waals surface area contributed by atoms with E-state index in [2.05, 4.69) is 34.6 Å². The number of rotatable bonds is 8. The molecular formula is C16H36. The molecule has 3 atom stereocenters. The van der Waals surface area contributed by atoms with Crippen molar-refractivity contribution in [2.24, 2.45) is 17.8 Å². The van der Waals surface area contributed by atoms with Crippen LogP contribution in [0, 0.1) is 17.8 Å². The standard InChI is InChI=1S/C14H30.C2H6/c1-6-8-13(4)9-10-14(5)11-12(3)7-2;1-2/h12-14H,6-11H2,1-5H3;1-2H3. The van der Waals surface area contributed by atoms with E-state index >= 15 is 0 Å². The maximum atomic E-state index is 2.42. The third-order valence-electron chi connectivity index (χ3n) is 3.44. The monoisotopic (exact) mass is 228 g/mol. The Balaban J connectivity index is 0. The van der Waals surface area contributed by atoms with Gasteiger partial charge in [-0.2, -0.15) is 0 Å². The van der Waals surface area contributed by atoms with Crippen molar-refractivity contribution in [1.82, 2.24) is 0 Å². The quantitative estimate of drug-likeness (QED) is 0.457. The zero-order chi connectivity index (χ0) is 13.0. The van der Waals surface area contributed by atoms with Crippen LogP contribution >= 0.6 is 0 Å². The Morgan fingerprint density at radius 2 is 1.19 bits per heavy atom. The highest BCUT2D eigenvalue weighted by Crippen LogP contribution is 2.22. The molecule has 0 nitrogen and oxygen atoms in total. The van der Waals surface area contributed by atoms with Crippen LogP contribution in [-0.4, -0.2) is 0 Å². The van der Waals surface area contributed by atoms with E-state index in [0.717, 1.165) is 17.8 Å². The third-order valence-corrected chi connectivity index (χ3v) is 3.44. The number of hydrogen-bond acceptors (Lipinski definition) is 0. The first-order valence-electron chi connectivity index (χ1n) is 7.60. The first-order chi connectivity index (χ1) is 7.60. The molecule has 0 N–H and O–H groups in total. The smallest absolute Gasteiger partial charge is 0.0440 e. The Labute approximate surface area is 105 Å². The molecule has 0 aromatic heterocycles. The fourth-order valence-corrected chi connectivity index (χ4v) is 2.18.